The van der Waals surface area contributed by atoms with Gasteiger partial charge in [0.05, 0.1) is 16.4 Å². The van der Waals surface area contributed by atoms with Crippen LogP contribution in [0.1, 0.15) is 5.56 Å². The van der Waals surface area contributed by atoms with Crippen molar-refractivity contribution in [2.45, 2.75) is 19.1 Å². The topological polar surface area (TPSA) is 107 Å². The van der Waals surface area contributed by atoms with E-state index in [2.05, 4.69) is 0 Å². The molecule has 0 aromatic heterocycles. The lowest BCUT2D eigenvalue weighted by Crippen LogP contribution is -2.30. The number of sulfone groups is 1. The standard InChI is InChI=1S/C11H13NO6S/c1-7-3-2-4-9(11(7)12(14)15)18-10-6-19(16,17)5-8(10)13/h2-4,8,10,13H,5-6H2,1H3. The summed E-state index contributed by atoms with van der Waals surface area (Å²) in [7, 11) is -3.35. The second kappa shape index (κ2) is 4.78. The maximum absolute atomic E-state index is 11.4. The molecule has 19 heavy (non-hydrogen) atoms. The molecule has 0 radical (unpaired) electrons. The van der Waals surface area contributed by atoms with Crippen molar-refractivity contribution >= 4 is 15.5 Å². The van der Waals surface area contributed by atoms with E-state index in [-0.39, 0.29) is 22.9 Å². The first-order valence-electron chi connectivity index (χ1n) is 5.59. The van der Waals surface area contributed by atoms with E-state index in [0.717, 1.165) is 0 Å². The molecule has 0 amide bonds. The van der Waals surface area contributed by atoms with E-state index < -0.39 is 27.0 Å². The van der Waals surface area contributed by atoms with E-state index in [1.807, 2.05) is 0 Å². The lowest BCUT2D eigenvalue weighted by molar-refractivity contribution is -0.386. The van der Waals surface area contributed by atoms with Gasteiger partial charge in [0.2, 0.25) is 0 Å². The van der Waals surface area contributed by atoms with Crippen LogP contribution >= 0.6 is 0 Å². The van der Waals surface area contributed by atoms with Gasteiger partial charge >= 0.3 is 5.69 Å². The Morgan fingerprint density at radius 2 is 2.11 bits per heavy atom. The van der Waals surface area contributed by atoms with E-state index in [9.17, 15) is 23.6 Å². The van der Waals surface area contributed by atoms with Crippen LogP contribution in [0, 0.1) is 17.0 Å². The zero-order valence-electron chi connectivity index (χ0n) is 10.1. The van der Waals surface area contributed by atoms with Crippen LogP contribution in [0.15, 0.2) is 18.2 Å². The number of aryl methyl sites for hydroxylation is 1. The summed E-state index contributed by atoms with van der Waals surface area (Å²) in [6.07, 6.45) is -2.13. The minimum atomic E-state index is -3.35. The molecule has 1 aliphatic rings. The van der Waals surface area contributed by atoms with Crippen LogP contribution < -0.4 is 4.74 Å². The first-order chi connectivity index (χ1) is 8.80. The lowest BCUT2D eigenvalue weighted by atomic mass is 10.2. The van der Waals surface area contributed by atoms with Crippen molar-refractivity contribution in [2.75, 3.05) is 11.5 Å². The molecule has 2 unspecified atom stereocenters. The van der Waals surface area contributed by atoms with Crippen LogP contribution in [0.5, 0.6) is 5.75 Å². The number of rotatable bonds is 3. The van der Waals surface area contributed by atoms with Crippen LogP contribution in [0.2, 0.25) is 0 Å². The number of hydrogen-bond acceptors (Lipinski definition) is 6. The van der Waals surface area contributed by atoms with Crippen molar-refractivity contribution in [3.63, 3.8) is 0 Å². The molecule has 1 aliphatic heterocycles. The van der Waals surface area contributed by atoms with Gasteiger partial charge in [-0.05, 0) is 13.0 Å². The normalized spacial score (nSPS) is 25.2. The molecule has 1 N–H and O–H groups in total. The van der Waals surface area contributed by atoms with Crippen molar-refractivity contribution < 1.29 is 23.2 Å². The van der Waals surface area contributed by atoms with E-state index in [4.69, 9.17) is 4.74 Å². The average Bonchev–Trinajstić information content (AvgIpc) is 2.51. The smallest absolute Gasteiger partial charge is 0.313 e. The number of aliphatic hydroxyl groups excluding tert-OH is 1. The summed E-state index contributed by atoms with van der Waals surface area (Å²) in [6, 6.07) is 4.53. The quantitative estimate of drug-likeness (QED) is 0.638. The highest BCUT2D eigenvalue weighted by Crippen LogP contribution is 2.32. The van der Waals surface area contributed by atoms with E-state index in [0.29, 0.717) is 5.56 Å². The first-order valence-corrected chi connectivity index (χ1v) is 7.41. The molecule has 1 heterocycles. The molecule has 2 atom stereocenters. The maximum Gasteiger partial charge on any atom is 0.313 e. The monoisotopic (exact) mass is 287 g/mol. The van der Waals surface area contributed by atoms with Crippen LogP contribution in [0.4, 0.5) is 5.69 Å². The number of nitro benzene ring substituents is 1. The van der Waals surface area contributed by atoms with Gasteiger partial charge in [-0.15, -0.1) is 0 Å². The summed E-state index contributed by atoms with van der Waals surface area (Å²) in [4.78, 5) is 10.4. The summed E-state index contributed by atoms with van der Waals surface area (Å²) in [6.45, 7) is 1.56. The summed E-state index contributed by atoms with van der Waals surface area (Å²) in [5, 5.41) is 20.6. The Labute approximate surface area is 109 Å². The van der Waals surface area contributed by atoms with Gasteiger partial charge in [-0.25, -0.2) is 8.42 Å². The predicted octanol–water partition coefficient (Wildman–Crippen LogP) is 0.440. The van der Waals surface area contributed by atoms with E-state index >= 15 is 0 Å². The molecule has 1 aromatic rings. The summed E-state index contributed by atoms with van der Waals surface area (Å²) < 4.78 is 28.0. The fourth-order valence-corrected chi connectivity index (χ4v) is 3.70. The van der Waals surface area contributed by atoms with Gasteiger partial charge in [0, 0.05) is 5.56 Å². The Kier molecular flexibility index (Phi) is 3.46. The van der Waals surface area contributed by atoms with Crippen LogP contribution in [-0.4, -0.2) is 42.2 Å². The van der Waals surface area contributed by atoms with Gasteiger partial charge in [0.25, 0.3) is 0 Å². The highest BCUT2D eigenvalue weighted by atomic mass is 32.2. The van der Waals surface area contributed by atoms with E-state index in [1.54, 1.807) is 19.1 Å². The fourth-order valence-electron chi connectivity index (χ4n) is 2.03. The number of ether oxygens (including phenoxy) is 1. The summed E-state index contributed by atoms with van der Waals surface area (Å²) in [5.74, 6) is -0.734. The average molecular weight is 287 g/mol. The van der Waals surface area contributed by atoms with Gasteiger partial charge in [0.1, 0.15) is 12.2 Å². The molecule has 0 bridgehead atoms. The molecule has 0 aliphatic carbocycles. The number of nitro groups is 1. The zero-order valence-corrected chi connectivity index (χ0v) is 11.0. The second-order valence-electron chi connectivity index (χ2n) is 4.48. The second-order valence-corrected chi connectivity index (χ2v) is 6.63. The van der Waals surface area contributed by atoms with Crippen LogP contribution in [-0.2, 0) is 9.84 Å². The maximum atomic E-state index is 11.4. The molecule has 2 rings (SSSR count). The van der Waals surface area contributed by atoms with E-state index in [1.165, 1.54) is 6.07 Å². The highest BCUT2D eigenvalue weighted by Gasteiger charge is 2.39. The molecular formula is C11H13NO6S. The van der Waals surface area contributed by atoms with Crippen molar-refractivity contribution in [1.82, 2.24) is 0 Å². The van der Waals surface area contributed by atoms with Crippen molar-refractivity contribution in [2.24, 2.45) is 0 Å². The van der Waals surface area contributed by atoms with Crippen molar-refractivity contribution in [3.05, 3.63) is 33.9 Å². The van der Waals surface area contributed by atoms with Gasteiger partial charge in [-0.3, -0.25) is 10.1 Å². The molecule has 1 saturated heterocycles. The lowest BCUT2D eigenvalue weighted by Gasteiger charge is -2.16. The molecule has 1 aromatic carbocycles. The third-order valence-corrected chi connectivity index (χ3v) is 4.62. The fraction of sp³-hybridized carbons (Fsp3) is 0.455. The molecular weight excluding hydrogens is 274 g/mol. The number of para-hydroxylation sites is 1. The third-order valence-electron chi connectivity index (χ3n) is 2.93. The van der Waals surface area contributed by atoms with Gasteiger partial charge in [-0.1, -0.05) is 12.1 Å². The Hall–Kier alpha value is -1.67. The number of benzene rings is 1. The van der Waals surface area contributed by atoms with Crippen molar-refractivity contribution in [1.29, 1.82) is 0 Å². The Morgan fingerprint density at radius 1 is 1.42 bits per heavy atom. The van der Waals surface area contributed by atoms with Gasteiger partial charge in [0.15, 0.2) is 15.6 Å². The first kappa shape index (κ1) is 13.8. The largest absolute Gasteiger partial charge is 0.480 e. The molecule has 104 valence electrons. The Bertz CT molecular complexity index is 612. The van der Waals surface area contributed by atoms with Gasteiger partial charge < -0.3 is 9.84 Å². The minimum absolute atomic E-state index is 0.0221. The Morgan fingerprint density at radius 3 is 2.63 bits per heavy atom. The number of nitrogens with zero attached hydrogens (tertiary/aromatic N) is 1. The van der Waals surface area contributed by atoms with Crippen molar-refractivity contribution in [3.8, 4) is 5.75 Å². The van der Waals surface area contributed by atoms with Crippen LogP contribution in [0.3, 0.4) is 0 Å². The third kappa shape index (κ3) is 2.85. The Balaban J connectivity index is 2.30. The summed E-state index contributed by atoms with van der Waals surface area (Å²) >= 11 is 0. The van der Waals surface area contributed by atoms with Crippen LogP contribution in [0.25, 0.3) is 0 Å². The van der Waals surface area contributed by atoms with Gasteiger partial charge in [-0.2, -0.15) is 0 Å². The minimum Gasteiger partial charge on any atom is -0.480 e. The molecule has 8 heteroatoms. The molecule has 7 nitrogen and oxygen atoms in total. The zero-order chi connectivity index (χ0) is 14.2. The number of hydrogen-bond donors (Lipinski definition) is 1. The summed E-state index contributed by atoms with van der Waals surface area (Å²) in [5.41, 5.74) is 0.205. The SMILES string of the molecule is Cc1cccc(OC2CS(=O)(=O)CC2O)c1[N+](=O)[O-]. The predicted molar refractivity (Wildman–Crippen MR) is 66.9 cm³/mol. The number of aliphatic hydroxyl groups is 1. The molecule has 1 fully saturated rings. The molecule has 0 saturated carbocycles. The highest BCUT2D eigenvalue weighted by molar-refractivity contribution is 7.91. The molecule has 0 spiro atoms.